The first-order valence-electron chi connectivity index (χ1n) is 5.28. The molecule has 17 heavy (non-hydrogen) atoms. The number of carbonyl (C=O) groups excluding carboxylic acids is 1. The molecule has 1 amide bonds. The van der Waals surface area contributed by atoms with E-state index < -0.39 is 6.09 Å². The second kappa shape index (κ2) is 5.98. The Morgan fingerprint density at radius 2 is 1.94 bits per heavy atom. The van der Waals surface area contributed by atoms with Crippen molar-refractivity contribution in [2.75, 3.05) is 7.11 Å². The molecule has 0 heterocycles. The third-order valence-corrected chi connectivity index (χ3v) is 1.93. The Hall–Kier alpha value is -1.91. The zero-order valence-electron chi connectivity index (χ0n) is 10.2. The van der Waals surface area contributed by atoms with Crippen LogP contribution in [0.25, 0.3) is 0 Å². The first-order chi connectivity index (χ1) is 8.01. The molecular weight excluding hydrogens is 222 g/mol. The minimum absolute atomic E-state index is 0.0621. The van der Waals surface area contributed by atoms with Gasteiger partial charge in [0.25, 0.3) is 0 Å². The number of methoxy groups -OCH3 is 1. The van der Waals surface area contributed by atoms with Gasteiger partial charge in [0.2, 0.25) is 0 Å². The number of rotatable bonds is 5. The normalized spacial score (nSPS) is 10.1. The van der Waals surface area contributed by atoms with Crippen molar-refractivity contribution in [3.05, 3.63) is 23.8 Å². The van der Waals surface area contributed by atoms with E-state index in [-0.39, 0.29) is 12.7 Å². The molecule has 0 aliphatic heterocycles. The van der Waals surface area contributed by atoms with Crippen LogP contribution in [0.3, 0.4) is 0 Å². The van der Waals surface area contributed by atoms with Crippen molar-refractivity contribution in [2.45, 2.75) is 26.6 Å². The van der Waals surface area contributed by atoms with E-state index in [0.717, 1.165) is 5.56 Å². The molecule has 5 heteroatoms. The highest BCUT2D eigenvalue weighted by atomic mass is 16.5. The Morgan fingerprint density at radius 1 is 1.29 bits per heavy atom. The lowest BCUT2D eigenvalue weighted by molar-refractivity contribution is 0.150. The minimum Gasteiger partial charge on any atom is -0.497 e. The van der Waals surface area contributed by atoms with E-state index in [4.69, 9.17) is 19.9 Å². The summed E-state index contributed by atoms with van der Waals surface area (Å²) in [6.45, 7) is 3.96. The molecule has 0 aliphatic carbocycles. The number of hydrogen-bond donors (Lipinski definition) is 1. The maximum atomic E-state index is 10.5. The van der Waals surface area contributed by atoms with Crippen LogP contribution in [0.4, 0.5) is 4.79 Å². The third-order valence-electron chi connectivity index (χ3n) is 1.93. The number of carbonyl (C=O) groups is 1. The van der Waals surface area contributed by atoms with Crippen LogP contribution in [0.1, 0.15) is 19.4 Å². The first kappa shape index (κ1) is 13.2. The molecule has 0 aromatic heterocycles. The molecule has 94 valence electrons. The fourth-order valence-corrected chi connectivity index (χ4v) is 1.33. The van der Waals surface area contributed by atoms with Crippen LogP contribution in [0.15, 0.2) is 18.2 Å². The molecule has 0 atom stereocenters. The van der Waals surface area contributed by atoms with Crippen LogP contribution < -0.4 is 15.2 Å². The highest BCUT2D eigenvalue weighted by Crippen LogP contribution is 2.24. The van der Waals surface area contributed by atoms with Gasteiger partial charge in [-0.25, -0.2) is 4.79 Å². The van der Waals surface area contributed by atoms with E-state index in [9.17, 15) is 4.79 Å². The summed E-state index contributed by atoms with van der Waals surface area (Å²) in [5.74, 6) is 1.31. The van der Waals surface area contributed by atoms with E-state index in [1.165, 1.54) is 0 Å². The molecule has 0 aliphatic rings. The minimum atomic E-state index is -0.806. The van der Waals surface area contributed by atoms with Crippen LogP contribution in [0.5, 0.6) is 11.5 Å². The molecule has 2 N–H and O–H groups in total. The van der Waals surface area contributed by atoms with Crippen molar-refractivity contribution < 1.29 is 19.0 Å². The van der Waals surface area contributed by atoms with Gasteiger partial charge >= 0.3 is 6.09 Å². The Kier molecular flexibility index (Phi) is 4.63. The molecule has 0 saturated carbocycles. The second-order valence-electron chi connectivity index (χ2n) is 3.79. The lowest BCUT2D eigenvalue weighted by Gasteiger charge is -2.13. The molecule has 0 unspecified atom stereocenters. The Bertz CT molecular complexity index is 390. The summed E-state index contributed by atoms with van der Waals surface area (Å²) in [5, 5.41) is 0. The average molecular weight is 239 g/mol. The summed E-state index contributed by atoms with van der Waals surface area (Å²) in [6, 6.07) is 5.31. The van der Waals surface area contributed by atoms with Gasteiger partial charge in [0.05, 0.1) is 13.2 Å². The van der Waals surface area contributed by atoms with Crippen molar-refractivity contribution in [2.24, 2.45) is 5.73 Å². The van der Waals surface area contributed by atoms with Crippen molar-refractivity contribution >= 4 is 6.09 Å². The van der Waals surface area contributed by atoms with Crippen molar-refractivity contribution in [3.8, 4) is 11.5 Å². The topological polar surface area (TPSA) is 70.8 Å². The summed E-state index contributed by atoms with van der Waals surface area (Å²) < 4.78 is 15.4. The largest absolute Gasteiger partial charge is 0.497 e. The Balaban J connectivity index is 2.84. The van der Waals surface area contributed by atoms with Gasteiger partial charge in [0, 0.05) is 6.07 Å². The van der Waals surface area contributed by atoms with Gasteiger partial charge in [-0.15, -0.1) is 0 Å². The highest BCUT2D eigenvalue weighted by Gasteiger charge is 2.05. The van der Waals surface area contributed by atoms with E-state index in [2.05, 4.69) is 0 Å². The van der Waals surface area contributed by atoms with Gasteiger partial charge in [0.15, 0.2) is 0 Å². The predicted octanol–water partition coefficient (Wildman–Crippen LogP) is 2.08. The monoisotopic (exact) mass is 239 g/mol. The van der Waals surface area contributed by atoms with Crippen molar-refractivity contribution in [1.82, 2.24) is 0 Å². The zero-order chi connectivity index (χ0) is 12.8. The molecule has 0 radical (unpaired) electrons. The standard InChI is InChI=1S/C12H17NO4/c1-8(2)17-11-5-9(7-16-12(13)14)4-10(6-11)15-3/h4-6,8H,7H2,1-3H3,(H2,13,14). The molecule has 0 spiro atoms. The smallest absolute Gasteiger partial charge is 0.404 e. The summed E-state index contributed by atoms with van der Waals surface area (Å²) in [5.41, 5.74) is 5.67. The van der Waals surface area contributed by atoms with E-state index >= 15 is 0 Å². The van der Waals surface area contributed by atoms with E-state index in [1.54, 1.807) is 25.3 Å². The molecule has 0 saturated heterocycles. The maximum Gasteiger partial charge on any atom is 0.404 e. The molecule has 0 bridgehead atoms. The molecule has 1 rings (SSSR count). The van der Waals surface area contributed by atoms with Crippen molar-refractivity contribution in [1.29, 1.82) is 0 Å². The predicted molar refractivity (Wildman–Crippen MR) is 63.1 cm³/mol. The van der Waals surface area contributed by atoms with Crippen LogP contribution in [-0.4, -0.2) is 19.3 Å². The van der Waals surface area contributed by atoms with Gasteiger partial charge in [-0.1, -0.05) is 0 Å². The van der Waals surface area contributed by atoms with Crippen LogP contribution in [0.2, 0.25) is 0 Å². The Morgan fingerprint density at radius 3 is 2.47 bits per heavy atom. The lowest BCUT2D eigenvalue weighted by atomic mass is 10.2. The van der Waals surface area contributed by atoms with Gasteiger partial charge in [-0.2, -0.15) is 0 Å². The number of hydrogen-bond acceptors (Lipinski definition) is 4. The molecule has 0 fully saturated rings. The van der Waals surface area contributed by atoms with Gasteiger partial charge in [0.1, 0.15) is 18.1 Å². The van der Waals surface area contributed by atoms with E-state index in [0.29, 0.717) is 11.5 Å². The summed E-state index contributed by atoms with van der Waals surface area (Å²) in [4.78, 5) is 10.5. The number of nitrogens with two attached hydrogens (primary N) is 1. The SMILES string of the molecule is COc1cc(COC(N)=O)cc(OC(C)C)c1. The molecule has 1 aromatic rings. The van der Waals surface area contributed by atoms with Crippen molar-refractivity contribution in [3.63, 3.8) is 0 Å². The van der Waals surface area contributed by atoms with Gasteiger partial charge < -0.3 is 19.9 Å². The summed E-state index contributed by atoms with van der Waals surface area (Å²) >= 11 is 0. The zero-order valence-corrected chi connectivity index (χ0v) is 10.2. The van der Waals surface area contributed by atoms with Crippen LogP contribution in [-0.2, 0) is 11.3 Å². The van der Waals surface area contributed by atoms with E-state index in [1.807, 2.05) is 13.8 Å². The highest BCUT2D eigenvalue weighted by molar-refractivity contribution is 5.64. The Labute approximate surface area is 100 Å². The third kappa shape index (κ3) is 4.63. The number of ether oxygens (including phenoxy) is 3. The second-order valence-corrected chi connectivity index (χ2v) is 3.79. The molecule has 1 aromatic carbocycles. The fourth-order valence-electron chi connectivity index (χ4n) is 1.33. The molecule has 5 nitrogen and oxygen atoms in total. The van der Waals surface area contributed by atoms with Crippen LogP contribution in [0, 0.1) is 0 Å². The first-order valence-corrected chi connectivity index (χ1v) is 5.28. The maximum absolute atomic E-state index is 10.5. The number of benzene rings is 1. The van der Waals surface area contributed by atoms with Crippen LogP contribution >= 0.6 is 0 Å². The summed E-state index contributed by atoms with van der Waals surface area (Å²) in [6.07, 6.45) is -0.744. The average Bonchev–Trinajstić information content (AvgIpc) is 2.25. The number of amides is 1. The van der Waals surface area contributed by atoms with Gasteiger partial charge in [-0.05, 0) is 31.5 Å². The quantitative estimate of drug-likeness (QED) is 0.853. The van der Waals surface area contributed by atoms with Gasteiger partial charge in [-0.3, -0.25) is 0 Å². The fraction of sp³-hybridized carbons (Fsp3) is 0.417. The molecular formula is C12H17NO4. The number of primary amides is 1. The lowest BCUT2D eigenvalue weighted by Crippen LogP contribution is -2.13. The summed E-state index contributed by atoms with van der Waals surface area (Å²) in [7, 11) is 1.56.